The summed E-state index contributed by atoms with van der Waals surface area (Å²) in [6, 6.07) is 0. The molecule has 0 spiro atoms. The maximum absolute atomic E-state index is 10.1. The second-order valence-electron chi connectivity index (χ2n) is 1.67. The lowest BCUT2D eigenvalue weighted by atomic mass is 10.5. The predicted octanol–water partition coefficient (Wildman–Crippen LogP) is 0.483. The van der Waals surface area contributed by atoms with E-state index < -0.39 is 0 Å². The fraction of sp³-hybridized carbons (Fsp3) is 0.667. The Bertz CT molecular complexity index is 121. The molecule has 11 heavy (non-hydrogen) atoms. The van der Waals surface area contributed by atoms with Crippen LogP contribution in [0.4, 0.5) is 0 Å². The van der Waals surface area contributed by atoms with Crippen molar-refractivity contribution in [3.63, 3.8) is 0 Å². The number of aldehydes is 2. The van der Waals surface area contributed by atoms with E-state index in [2.05, 4.69) is 0 Å². The van der Waals surface area contributed by atoms with Gasteiger partial charge in [-0.15, -0.1) is 23.5 Å². The maximum atomic E-state index is 10.1. The molecule has 0 fully saturated rings. The standard InChI is InChI=1S/C6H11NO2S2/c7-5-11-6(1-2-8)10-4-3-9/h2-3,6H,1,4-5,7H2. The molecule has 3 nitrogen and oxygen atoms in total. The van der Waals surface area contributed by atoms with E-state index in [0.29, 0.717) is 18.1 Å². The van der Waals surface area contributed by atoms with Gasteiger partial charge < -0.3 is 15.3 Å². The summed E-state index contributed by atoms with van der Waals surface area (Å²) in [6.07, 6.45) is 2.14. The number of thioether (sulfide) groups is 2. The van der Waals surface area contributed by atoms with Crippen LogP contribution in [-0.2, 0) is 9.59 Å². The molecule has 0 saturated heterocycles. The first-order chi connectivity index (χ1) is 5.35. The molecule has 0 aromatic carbocycles. The van der Waals surface area contributed by atoms with Crippen molar-refractivity contribution in [1.29, 1.82) is 0 Å². The molecule has 0 saturated carbocycles. The van der Waals surface area contributed by atoms with Crippen molar-refractivity contribution in [2.24, 2.45) is 5.73 Å². The van der Waals surface area contributed by atoms with Gasteiger partial charge >= 0.3 is 0 Å². The Morgan fingerprint density at radius 3 is 2.45 bits per heavy atom. The first-order valence-electron chi connectivity index (χ1n) is 3.15. The Kier molecular flexibility index (Phi) is 8.10. The summed E-state index contributed by atoms with van der Waals surface area (Å²) in [5, 5.41) is 0. The van der Waals surface area contributed by atoms with E-state index in [0.717, 1.165) is 12.6 Å². The number of carbonyl (C=O) groups excluding carboxylic acids is 2. The monoisotopic (exact) mass is 193 g/mol. The normalized spacial score (nSPS) is 12.5. The molecule has 0 amide bonds. The molecule has 0 aliphatic carbocycles. The zero-order chi connectivity index (χ0) is 8.53. The zero-order valence-corrected chi connectivity index (χ0v) is 7.70. The van der Waals surface area contributed by atoms with Gasteiger partial charge in [-0.25, -0.2) is 0 Å². The van der Waals surface area contributed by atoms with Crippen molar-refractivity contribution in [1.82, 2.24) is 0 Å². The topological polar surface area (TPSA) is 60.2 Å². The van der Waals surface area contributed by atoms with Crippen molar-refractivity contribution >= 4 is 36.1 Å². The van der Waals surface area contributed by atoms with Gasteiger partial charge in [-0.1, -0.05) is 0 Å². The van der Waals surface area contributed by atoms with Crippen molar-refractivity contribution in [2.75, 3.05) is 11.6 Å². The van der Waals surface area contributed by atoms with Crippen LogP contribution in [0.25, 0.3) is 0 Å². The summed E-state index contributed by atoms with van der Waals surface area (Å²) in [6.45, 7) is 0. The SMILES string of the molecule is NCSC(CC=O)SCC=O. The number of rotatable bonds is 7. The smallest absolute Gasteiger partial charge is 0.129 e. The van der Waals surface area contributed by atoms with Gasteiger partial charge in [0.2, 0.25) is 0 Å². The molecular weight excluding hydrogens is 182 g/mol. The highest BCUT2D eigenvalue weighted by molar-refractivity contribution is 8.17. The molecule has 0 rings (SSSR count). The van der Waals surface area contributed by atoms with Gasteiger partial charge in [-0.3, -0.25) is 0 Å². The lowest BCUT2D eigenvalue weighted by Crippen LogP contribution is -2.05. The van der Waals surface area contributed by atoms with E-state index in [1.54, 1.807) is 0 Å². The summed E-state index contributed by atoms with van der Waals surface area (Å²) in [4.78, 5) is 20.1. The Balaban J connectivity index is 3.49. The summed E-state index contributed by atoms with van der Waals surface area (Å²) >= 11 is 2.95. The van der Waals surface area contributed by atoms with Gasteiger partial charge in [-0.05, 0) is 0 Å². The van der Waals surface area contributed by atoms with E-state index in [1.807, 2.05) is 0 Å². The van der Waals surface area contributed by atoms with Crippen molar-refractivity contribution in [3.05, 3.63) is 0 Å². The molecule has 0 aromatic rings. The highest BCUT2D eigenvalue weighted by Crippen LogP contribution is 2.23. The van der Waals surface area contributed by atoms with Gasteiger partial charge in [0.1, 0.15) is 12.6 Å². The first-order valence-corrected chi connectivity index (χ1v) is 5.25. The van der Waals surface area contributed by atoms with Crippen molar-refractivity contribution in [2.45, 2.75) is 11.0 Å². The predicted molar refractivity (Wildman–Crippen MR) is 49.6 cm³/mol. The van der Waals surface area contributed by atoms with Crippen LogP contribution >= 0.6 is 23.5 Å². The number of hydrogen-bond acceptors (Lipinski definition) is 5. The molecule has 0 aliphatic rings. The third-order valence-electron chi connectivity index (χ3n) is 0.921. The molecule has 0 heterocycles. The number of hydrogen-bond donors (Lipinski definition) is 1. The zero-order valence-electron chi connectivity index (χ0n) is 6.06. The third-order valence-corrected chi connectivity index (χ3v) is 3.39. The summed E-state index contributed by atoms with van der Waals surface area (Å²) < 4.78 is 0.141. The van der Waals surface area contributed by atoms with Crippen LogP contribution < -0.4 is 5.73 Å². The lowest BCUT2D eigenvalue weighted by Gasteiger charge is -2.08. The summed E-state index contributed by atoms with van der Waals surface area (Å²) in [5.41, 5.74) is 5.28. The van der Waals surface area contributed by atoms with Crippen LogP contribution in [-0.4, -0.2) is 28.8 Å². The Morgan fingerprint density at radius 2 is 2.00 bits per heavy atom. The molecule has 0 aromatic heterocycles. The molecule has 1 unspecified atom stereocenters. The molecule has 0 aliphatic heterocycles. The highest BCUT2D eigenvalue weighted by atomic mass is 32.2. The molecular formula is C6H11NO2S2. The quantitative estimate of drug-likeness (QED) is 0.471. The van der Waals surface area contributed by atoms with E-state index in [4.69, 9.17) is 5.73 Å². The average Bonchev–Trinajstić information content (AvgIpc) is 2.01. The van der Waals surface area contributed by atoms with E-state index in [9.17, 15) is 9.59 Å². The second kappa shape index (κ2) is 8.10. The number of carbonyl (C=O) groups is 2. The molecule has 64 valence electrons. The van der Waals surface area contributed by atoms with Crippen LogP contribution in [0.15, 0.2) is 0 Å². The minimum Gasteiger partial charge on any atom is -0.322 e. The molecule has 1 atom stereocenters. The summed E-state index contributed by atoms with van der Waals surface area (Å²) in [7, 11) is 0. The Morgan fingerprint density at radius 1 is 1.27 bits per heavy atom. The van der Waals surface area contributed by atoms with E-state index in [-0.39, 0.29) is 4.58 Å². The van der Waals surface area contributed by atoms with E-state index >= 15 is 0 Å². The van der Waals surface area contributed by atoms with Gasteiger partial charge in [-0.2, -0.15) is 0 Å². The fourth-order valence-electron chi connectivity index (χ4n) is 0.517. The Hall–Kier alpha value is -0.0000000000000000555. The third kappa shape index (κ3) is 6.40. The average molecular weight is 193 g/mol. The van der Waals surface area contributed by atoms with Crippen LogP contribution in [0, 0.1) is 0 Å². The Labute approximate surface area is 74.5 Å². The molecule has 0 bridgehead atoms. The molecule has 0 radical (unpaired) electrons. The minimum atomic E-state index is 0.141. The van der Waals surface area contributed by atoms with Crippen molar-refractivity contribution < 1.29 is 9.59 Å². The maximum Gasteiger partial charge on any atom is 0.129 e. The number of nitrogens with two attached hydrogens (primary N) is 1. The van der Waals surface area contributed by atoms with Crippen LogP contribution in [0.2, 0.25) is 0 Å². The van der Waals surface area contributed by atoms with Crippen LogP contribution in [0.1, 0.15) is 6.42 Å². The summed E-state index contributed by atoms with van der Waals surface area (Å²) in [5.74, 6) is 0.926. The van der Waals surface area contributed by atoms with Gasteiger partial charge in [0.25, 0.3) is 0 Å². The van der Waals surface area contributed by atoms with Crippen LogP contribution in [0.3, 0.4) is 0 Å². The minimum absolute atomic E-state index is 0.141. The van der Waals surface area contributed by atoms with Gasteiger partial charge in [0.15, 0.2) is 0 Å². The van der Waals surface area contributed by atoms with Gasteiger partial charge in [0.05, 0.1) is 10.3 Å². The molecule has 5 heteroatoms. The fourth-order valence-corrected chi connectivity index (χ4v) is 2.31. The van der Waals surface area contributed by atoms with E-state index in [1.165, 1.54) is 23.5 Å². The first kappa shape index (κ1) is 11.0. The van der Waals surface area contributed by atoms with Crippen molar-refractivity contribution in [3.8, 4) is 0 Å². The highest BCUT2D eigenvalue weighted by Gasteiger charge is 2.06. The van der Waals surface area contributed by atoms with Crippen LogP contribution in [0.5, 0.6) is 0 Å². The second-order valence-corrected chi connectivity index (χ2v) is 4.44. The van der Waals surface area contributed by atoms with Gasteiger partial charge in [0, 0.05) is 12.3 Å². The molecule has 2 N–H and O–H groups in total. The lowest BCUT2D eigenvalue weighted by molar-refractivity contribution is -0.108. The largest absolute Gasteiger partial charge is 0.322 e.